The van der Waals surface area contributed by atoms with Crippen molar-refractivity contribution in [1.29, 1.82) is 0 Å². The van der Waals surface area contributed by atoms with Crippen molar-refractivity contribution < 1.29 is 9.53 Å². The van der Waals surface area contributed by atoms with E-state index in [0.717, 1.165) is 17.7 Å². The molecule has 5 nitrogen and oxygen atoms in total. The maximum atomic E-state index is 11.7. The van der Waals surface area contributed by atoms with Gasteiger partial charge in [-0.05, 0) is 18.6 Å². The molecule has 0 saturated heterocycles. The van der Waals surface area contributed by atoms with E-state index in [4.69, 9.17) is 16.3 Å². The standard InChI is InChI=1S/C14H16ClN3O2/c1-3-11-14(16-12(19)8-20-2)13(18-17-11)9-4-6-10(15)7-5-9/h4-7H,3,8H2,1-2H3,(H,16,19)(H,17,18). The van der Waals surface area contributed by atoms with E-state index in [-0.39, 0.29) is 12.5 Å². The lowest BCUT2D eigenvalue weighted by molar-refractivity contribution is -0.119. The van der Waals surface area contributed by atoms with Gasteiger partial charge in [0.25, 0.3) is 0 Å². The van der Waals surface area contributed by atoms with Crippen LogP contribution in [0.1, 0.15) is 12.6 Å². The molecule has 1 aromatic heterocycles. The van der Waals surface area contributed by atoms with E-state index < -0.39 is 0 Å². The maximum Gasteiger partial charge on any atom is 0.250 e. The summed E-state index contributed by atoms with van der Waals surface area (Å²) in [6.45, 7) is 2.00. The molecule has 0 unspecified atom stereocenters. The van der Waals surface area contributed by atoms with Crippen molar-refractivity contribution in [3.63, 3.8) is 0 Å². The minimum Gasteiger partial charge on any atom is -0.375 e. The zero-order chi connectivity index (χ0) is 14.5. The summed E-state index contributed by atoms with van der Waals surface area (Å²) in [5.41, 5.74) is 3.15. The number of aromatic amines is 1. The zero-order valence-corrected chi connectivity index (χ0v) is 12.1. The maximum absolute atomic E-state index is 11.7. The normalized spacial score (nSPS) is 10.6. The van der Waals surface area contributed by atoms with Crippen LogP contribution < -0.4 is 5.32 Å². The van der Waals surface area contributed by atoms with E-state index in [1.807, 2.05) is 19.1 Å². The van der Waals surface area contributed by atoms with Gasteiger partial charge in [-0.15, -0.1) is 0 Å². The molecular formula is C14H16ClN3O2. The summed E-state index contributed by atoms with van der Waals surface area (Å²) in [5.74, 6) is -0.209. The Morgan fingerprint density at radius 1 is 1.40 bits per heavy atom. The zero-order valence-electron chi connectivity index (χ0n) is 11.4. The number of H-pyrrole nitrogens is 1. The molecule has 0 bridgehead atoms. The fourth-order valence-corrected chi connectivity index (χ4v) is 2.02. The van der Waals surface area contributed by atoms with Crippen LogP contribution in [-0.4, -0.2) is 29.8 Å². The molecule has 0 fully saturated rings. The summed E-state index contributed by atoms with van der Waals surface area (Å²) in [5, 5.41) is 10.7. The minimum atomic E-state index is -0.209. The average molecular weight is 294 g/mol. The Bertz CT molecular complexity index is 593. The highest BCUT2D eigenvalue weighted by Gasteiger charge is 2.16. The molecule has 2 aromatic rings. The molecule has 20 heavy (non-hydrogen) atoms. The minimum absolute atomic E-state index is 0.00833. The predicted octanol–water partition coefficient (Wildman–Crippen LogP) is 2.88. The van der Waals surface area contributed by atoms with Gasteiger partial charge in [0.2, 0.25) is 5.91 Å². The van der Waals surface area contributed by atoms with E-state index in [1.165, 1.54) is 7.11 Å². The Hall–Kier alpha value is -1.85. The summed E-state index contributed by atoms with van der Waals surface area (Å²) in [4.78, 5) is 11.7. The summed E-state index contributed by atoms with van der Waals surface area (Å²) < 4.78 is 4.83. The lowest BCUT2D eigenvalue weighted by Gasteiger charge is -2.07. The van der Waals surface area contributed by atoms with Crippen molar-refractivity contribution >= 4 is 23.2 Å². The van der Waals surface area contributed by atoms with Crippen LogP contribution in [0.4, 0.5) is 5.69 Å². The first-order valence-electron chi connectivity index (χ1n) is 6.27. The summed E-state index contributed by atoms with van der Waals surface area (Å²) in [6, 6.07) is 7.31. The highest BCUT2D eigenvalue weighted by molar-refractivity contribution is 6.30. The van der Waals surface area contributed by atoms with Crippen LogP contribution in [0.2, 0.25) is 5.02 Å². The molecule has 0 saturated carbocycles. The first-order chi connectivity index (χ1) is 9.65. The number of amides is 1. The van der Waals surface area contributed by atoms with Crippen LogP contribution in [0.25, 0.3) is 11.3 Å². The van der Waals surface area contributed by atoms with Crippen molar-refractivity contribution in [2.45, 2.75) is 13.3 Å². The summed E-state index contributed by atoms with van der Waals surface area (Å²) in [7, 11) is 1.48. The Kier molecular flexibility index (Phi) is 4.76. The third-order valence-corrected chi connectivity index (χ3v) is 3.10. The molecule has 0 atom stereocenters. The smallest absolute Gasteiger partial charge is 0.250 e. The number of carbonyl (C=O) groups excluding carboxylic acids is 1. The molecule has 0 aliphatic rings. The first kappa shape index (κ1) is 14.6. The Labute approximate surface area is 122 Å². The lowest BCUT2D eigenvalue weighted by Crippen LogP contribution is -2.18. The van der Waals surface area contributed by atoms with E-state index >= 15 is 0 Å². The molecule has 0 radical (unpaired) electrons. The predicted molar refractivity (Wildman–Crippen MR) is 78.9 cm³/mol. The number of hydrogen-bond donors (Lipinski definition) is 2. The van der Waals surface area contributed by atoms with E-state index in [2.05, 4.69) is 15.5 Å². The molecule has 1 heterocycles. The average Bonchev–Trinajstić information content (AvgIpc) is 2.82. The van der Waals surface area contributed by atoms with E-state index in [9.17, 15) is 4.79 Å². The van der Waals surface area contributed by atoms with Gasteiger partial charge in [-0.1, -0.05) is 30.7 Å². The number of methoxy groups -OCH3 is 1. The number of carbonyl (C=O) groups is 1. The van der Waals surface area contributed by atoms with Gasteiger partial charge in [-0.25, -0.2) is 0 Å². The number of rotatable bonds is 5. The number of nitrogens with one attached hydrogen (secondary N) is 2. The third-order valence-electron chi connectivity index (χ3n) is 2.85. The van der Waals surface area contributed by atoms with Gasteiger partial charge >= 0.3 is 0 Å². The summed E-state index contributed by atoms with van der Waals surface area (Å²) in [6.07, 6.45) is 0.739. The van der Waals surface area contributed by atoms with Crippen molar-refractivity contribution in [3.05, 3.63) is 35.0 Å². The molecule has 106 valence electrons. The number of halogens is 1. The molecule has 0 aliphatic carbocycles. The van der Waals surface area contributed by atoms with Gasteiger partial charge in [-0.3, -0.25) is 9.89 Å². The molecule has 2 rings (SSSR count). The van der Waals surface area contributed by atoms with Gasteiger partial charge in [0.1, 0.15) is 12.3 Å². The number of anilines is 1. The summed E-state index contributed by atoms with van der Waals surface area (Å²) >= 11 is 5.88. The molecule has 2 N–H and O–H groups in total. The highest BCUT2D eigenvalue weighted by Crippen LogP contribution is 2.29. The second kappa shape index (κ2) is 6.54. The van der Waals surface area contributed by atoms with E-state index in [0.29, 0.717) is 16.4 Å². The topological polar surface area (TPSA) is 67.0 Å². The Morgan fingerprint density at radius 2 is 2.10 bits per heavy atom. The number of aryl methyl sites for hydroxylation is 1. The Balaban J connectivity index is 2.36. The van der Waals surface area contributed by atoms with Gasteiger partial charge in [0.15, 0.2) is 0 Å². The molecule has 1 amide bonds. The van der Waals surface area contributed by atoms with Crippen molar-refractivity contribution in [1.82, 2.24) is 10.2 Å². The van der Waals surface area contributed by atoms with Crippen LogP contribution in [0.5, 0.6) is 0 Å². The third kappa shape index (κ3) is 3.18. The lowest BCUT2D eigenvalue weighted by atomic mass is 10.1. The van der Waals surface area contributed by atoms with E-state index in [1.54, 1.807) is 12.1 Å². The van der Waals surface area contributed by atoms with Gasteiger partial charge in [0, 0.05) is 17.7 Å². The van der Waals surface area contributed by atoms with Gasteiger partial charge < -0.3 is 10.1 Å². The second-order valence-electron chi connectivity index (χ2n) is 4.27. The largest absolute Gasteiger partial charge is 0.375 e. The first-order valence-corrected chi connectivity index (χ1v) is 6.65. The van der Waals surface area contributed by atoms with Crippen LogP contribution in [0.3, 0.4) is 0 Å². The van der Waals surface area contributed by atoms with Crippen molar-refractivity contribution in [2.24, 2.45) is 0 Å². The fraction of sp³-hybridized carbons (Fsp3) is 0.286. The van der Waals surface area contributed by atoms with Crippen molar-refractivity contribution in [3.8, 4) is 11.3 Å². The number of benzene rings is 1. The number of aromatic nitrogens is 2. The van der Waals surface area contributed by atoms with Crippen LogP contribution >= 0.6 is 11.6 Å². The van der Waals surface area contributed by atoms with Gasteiger partial charge in [0.05, 0.1) is 11.4 Å². The molecular weight excluding hydrogens is 278 g/mol. The van der Waals surface area contributed by atoms with Crippen LogP contribution in [0, 0.1) is 0 Å². The van der Waals surface area contributed by atoms with Crippen molar-refractivity contribution in [2.75, 3.05) is 19.0 Å². The molecule has 1 aromatic carbocycles. The number of ether oxygens (including phenoxy) is 1. The Morgan fingerprint density at radius 3 is 2.70 bits per heavy atom. The molecule has 0 aliphatic heterocycles. The van der Waals surface area contributed by atoms with Crippen LogP contribution in [0.15, 0.2) is 24.3 Å². The second-order valence-corrected chi connectivity index (χ2v) is 4.70. The molecule has 6 heteroatoms. The fourth-order valence-electron chi connectivity index (χ4n) is 1.89. The SMILES string of the molecule is CCc1[nH]nc(-c2ccc(Cl)cc2)c1NC(=O)COC. The number of nitrogens with zero attached hydrogens (tertiary/aromatic N) is 1. The van der Waals surface area contributed by atoms with Crippen LogP contribution in [-0.2, 0) is 16.0 Å². The highest BCUT2D eigenvalue weighted by atomic mass is 35.5. The number of hydrogen-bond acceptors (Lipinski definition) is 3. The molecule has 0 spiro atoms. The monoisotopic (exact) mass is 293 g/mol. The van der Waals surface area contributed by atoms with Gasteiger partial charge in [-0.2, -0.15) is 5.10 Å². The quantitative estimate of drug-likeness (QED) is 0.891.